The summed E-state index contributed by atoms with van der Waals surface area (Å²) in [5.74, 6) is -0.0591. The molecule has 0 radical (unpaired) electrons. The van der Waals surface area contributed by atoms with Crippen LogP contribution < -0.4 is 5.32 Å². The van der Waals surface area contributed by atoms with Gasteiger partial charge in [-0.15, -0.1) is 0 Å². The molecule has 0 aromatic rings. The summed E-state index contributed by atoms with van der Waals surface area (Å²) in [4.78, 5) is 24.5. The lowest BCUT2D eigenvalue weighted by atomic mass is 10.0. The van der Waals surface area contributed by atoms with E-state index < -0.39 is 12.1 Å². The molecule has 0 aromatic carbocycles. The van der Waals surface area contributed by atoms with Crippen molar-refractivity contribution in [3.8, 4) is 0 Å². The van der Waals surface area contributed by atoms with Crippen molar-refractivity contribution in [1.29, 1.82) is 0 Å². The van der Waals surface area contributed by atoms with E-state index in [4.69, 9.17) is 4.74 Å². The fourth-order valence-electron chi connectivity index (χ4n) is 10.1. The maximum atomic E-state index is 12.5. The highest BCUT2D eigenvalue weighted by molar-refractivity contribution is 5.76. The number of hydrogen-bond donors (Lipinski definition) is 3. The summed E-state index contributed by atoms with van der Waals surface area (Å²) in [6.45, 7) is 4.90. The fourth-order valence-corrected chi connectivity index (χ4v) is 10.1. The SMILES string of the molecule is CCCCCC/C=C\CCCCCCCC(=O)OCCCCCCCCCCCCCC/C=C\CCCCCCCCCCCCCCCC(=O)NC(CO)C(O)/C=C/CCCCCCCCCCCCCC. The van der Waals surface area contributed by atoms with Crippen LogP contribution in [0.25, 0.3) is 0 Å². The van der Waals surface area contributed by atoms with E-state index in [0.717, 1.165) is 44.9 Å². The molecule has 0 aliphatic heterocycles. The Morgan fingerprint density at radius 3 is 0.986 bits per heavy atom. The molecule has 0 aliphatic carbocycles. The van der Waals surface area contributed by atoms with Gasteiger partial charge in [0.05, 0.1) is 25.4 Å². The first-order valence-corrected chi connectivity index (χ1v) is 32.8. The topological polar surface area (TPSA) is 95.9 Å². The van der Waals surface area contributed by atoms with E-state index in [1.807, 2.05) is 6.08 Å². The molecule has 0 fully saturated rings. The first kappa shape index (κ1) is 71.1. The van der Waals surface area contributed by atoms with Gasteiger partial charge in [-0.2, -0.15) is 0 Å². The smallest absolute Gasteiger partial charge is 0.305 e. The van der Waals surface area contributed by atoms with Gasteiger partial charge in [-0.25, -0.2) is 0 Å². The minimum absolute atomic E-state index is 0.00690. The van der Waals surface area contributed by atoms with Crippen molar-refractivity contribution in [3.05, 3.63) is 36.5 Å². The molecule has 2 unspecified atom stereocenters. The highest BCUT2D eigenvalue weighted by Gasteiger charge is 2.18. The predicted octanol–water partition coefficient (Wildman–Crippen LogP) is 20.8. The summed E-state index contributed by atoms with van der Waals surface area (Å²) >= 11 is 0. The molecule has 0 spiro atoms. The van der Waals surface area contributed by atoms with Crippen LogP contribution in [0.2, 0.25) is 0 Å². The second-order valence-corrected chi connectivity index (χ2v) is 22.4. The van der Waals surface area contributed by atoms with E-state index in [0.29, 0.717) is 19.4 Å². The molecular formula is C67H127NO5. The van der Waals surface area contributed by atoms with Crippen molar-refractivity contribution < 1.29 is 24.5 Å². The first-order chi connectivity index (χ1) is 36.0. The molecule has 2 atom stereocenters. The number of hydrogen-bond acceptors (Lipinski definition) is 5. The first-order valence-electron chi connectivity index (χ1n) is 32.8. The molecule has 0 saturated carbocycles. The Kier molecular flexibility index (Phi) is 61.0. The number of ether oxygens (including phenoxy) is 1. The number of unbranched alkanes of at least 4 members (excludes halogenated alkanes) is 46. The number of allylic oxidation sites excluding steroid dienone is 5. The maximum Gasteiger partial charge on any atom is 0.305 e. The molecule has 1 amide bonds. The molecule has 3 N–H and O–H groups in total. The number of aliphatic hydroxyl groups excluding tert-OH is 2. The Balaban J connectivity index is 3.39. The zero-order chi connectivity index (χ0) is 52.9. The zero-order valence-corrected chi connectivity index (χ0v) is 49.1. The van der Waals surface area contributed by atoms with Crippen LogP contribution in [0.4, 0.5) is 0 Å². The molecule has 73 heavy (non-hydrogen) atoms. The maximum absolute atomic E-state index is 12.5. The molecule has 0 rings (SSSR count). The molecular weight excluding hydrogens is 899 g/mol. The minimum atomic E-state index is -0.843. The van der Waals surface area contributed by atoms with Gasteiger partial charge >= 0.3 is 5.97 Å². The normalized spacial score (nSPS) is 12.8. The Morgan fingerprint density at radius 2 is 0.644 bits per heavy atom. The van der Waals surface area contributed by atoms with Gasteiger partial charge in [0.25, 0.3) is 0 Å². The molecule has 6 nitrogen and oxygen atoms in total. The Morgan fingerprint density at radius 1 is 0.370 bits per heavy atom. The standard InChI is InChI=1S/C67H127NO5/c1-3-5-7-9-11-13-15-17-36-39-43-47-51-55-59-65(70)64(63-69)68-66(71)60-56-52-48-44-40-37-33-31-29-27-25-23-21-19-18-20-22-24-26-28-30-32-34-38-42-46-50-54-58-62-73-67(72)61-57-53-49-45-41-35-16-14-12-10-8-6-4-2/h14,16,18,20,55,59,64-65,69-70H,3-13,15,17,19,21-54,56-58,60-63H2,1-2H3,(H,68,71)/b16-14-,20-18-,59-55+. The van der Waals surface area contributed by atoms with E-state index in [1.165, 1.54) is 283 Å². The van der Waals surface area contributed by atoms with Crippen molar-refractivity contribution in [2.75, 3.05) is 13.2 Å². The minimum Gasteiger partial charge on any atom is -0.466 e. The van der Waals surface area contributed by atoms with Crippen LogP contribution in [0.1, 0.15) is 354 Å². The third kappa shape index (κ3) is 59.2. The molecule has 430 valence electrons. The highest BCUT2D eigenvalue weighted by atomic mass is 16.5. The number of carbonyl (C=O) groups excluding carboxylic acids is 2. The number of aliphatic hydroxyl groups is 2. The van der Waals surface area contributed by atoms with Crippen LogP contribution in [0, 0.1) is 0 Å². The van der Waals surface area contributed by atoms with Crippen LogP contribution in [-0.2, 0) is 14.3 Å². The van der Waals surface area contributed by atoms with Crippen molar-refractivity contribution in [3.63, 3.8) is 0 Å². The summed E-state index contributed by atoms with van der Waals surface area (Å²) < 4.78 is 5.48. The average molecular weight is 1030 g/mol. The van der Waals surface area contributed by atoms with Gasteiger partial charge in [-0.1, -0.05) is 294 Å². The van der Waals surface area contributed by atoms with Gasteiger partial charge in [0.15, 0.2) is 0 Å². The summed E-state index contributed by atoms with van der Waals surface area (Å²) in [7, 11) is 0. The van der Waals surface area contributed by atoms with E-state index in [2.05, 4.69) is 43.5 Å². The van der Waals surface area contributed by atoms with E-state index >= 15 is 0 Å². The number of esters is 1. The zero-order valence-electron chi connectivity index (χ0n) is 49.1. The highest BCUT2D eigenvalue weighted by Crippen LogP contribution is 2.17. The van der Waals surface area contributed by atoms with Crippen molar-refractivity contribution >= 4 is 11.9 Å². The summed E-state index contributed by atoms with van der Waals surface area (Å²) in [5, 5.41) is 23.1. The van der Waals surface area contributed by atoms with E-state index in [1.54, 1.807) is 6.08 Å². The number of carbonyl (C=O) groups is 2. The fraction of sp³-hybridized carbons (Fsp3) is 0.881. The van der Waals surface area contributed by atoms with Gasteiger partial charge in [-0.3, -0.25) is 9.59 Å². The summed E-state index contributed by atoms with van der Waals surface area (Å²) in [5.41, 5.74) is 0. The molecule has 0 aliphatic rings. The predicted molar refractivity (Wildman–Crippen MR) is 319 cm³/mol. The van der Waals surface area contributed by atoms with Crippen LogP contribution in [0.3, 0.4) is 0 Å². The molecule has 0 bridgehead atoms. The van der Waals surface area contributed by atoms with Crippen molar-refractivity contribution in [2.24, 2.45) is 0 Å². The largest absolute Gasteiger partial charge is 0.466 e. The summed E-state index contributed by atoms with van der Waals surface area (Å²) in [6.07, 6.45) is 79.2. The number of rotatable bonds is 61. The molecule has 0 heterocycles. The molecule has 0 saturated heterocycles. The van der Waals surface area contributed by atoms with E-state index in [-0.39, 0.29) is 18.5 Å². The van der Waals surface area contributed by atoms with Crippen molar-refractivity contribution in [2.45, 2.75) is 366 Å². The lowest BCUT2D eigenvalue weighted by Crippen LogP contribution is -2.45. The quantitative estimate of drug-likeness (QED) is 0.0320. The Labute approximate surface area is 455 Å². The van der Waals surface area contributed by atoms with Gasteiger partial charge in [0, 0.05) is 12.8 Å². The van der Waals surface area contributed by atoms with Crippen LogP contribution >= 0.6 is 0 Å². The number of nitrogens with one attached hydrogen (secondary N) is 1. The summed E-state index contributed by atoms with van der Waals surface area (Å²) in [6, 6.07) is -0.627. The van der Waals surface area contributed by atoms with E-state index in [9.17, 15) is 19.8 Å². The van der Waals surface area contributed by atoms with Crippen LogP contribution in [0.5, 0.6) is 0 Å². The van der Waals surface area contributed by atoms with Crippen LogP contribution in [0.15, 0.2) is 36.5 Å². The average Bonchev–Trinajstić information content (AvgIpc) is 3.39. The second-order valence-electron chi connectivity index (χ2n) is 22.4. The third-order valence-electron chi connectivity index (χ3n) is 15.1. The lowest BCUT2D eigenvalue weighted by Gasteiger charge is -2.20. The van der Waals surface area contributed by atoms with Crippen molar-refractivity contribution in [1.82, 2.24) is 5.32 Å². The van der Waals surface area contributed by atoms with Crippen LogP contribution in [-0.4, -0.2) is 47.4 Å². The van der Waals surface area contributed by atoms with Gasteiger partial charge in [0.2, 0.25) is 5.91 Å². The Bertz CT molecular complexity index is 1180. The third-order valence-corrected chi connectivity index (χ3v) is 15.1. The lowest BCUT2D eigenvalue weighted by molar-refractivity contribution is -0.143. The monoisotopic (exact) mass is 1030 g/mol. The second kappa shape index (κ2) is 62.6. The number of amides is 1. The Hall–Kier alpha value is -1.92. The van der Waals surface area contributed by atoms with Gasteiger partial charge in [0.1, 0.15) is 0 Å². The molecule has 6 heteroatoms. The van der Waals surface area contributed by atoms with Gasteiger partial charge in [-0.05, 0) is 83.5 Å². The molecule has 0 aromatic heterocycles. The van der Waals surface area contributed by atoms with Gasteiger partial charge < -0.3 is 20.3 Å².